The number of ketones is 1. The van der Waals surface area contributed by atoms with Crippen molar-refractivity contribution in [3.63, 3.8) is 0 Å². The molecule has 0 N–H and O–H groups in total. The first-order chi connectivity index (χ1) is 12.3. The molecule has 1 unspecified atom stereocenters. The zero-order valence-corrected chi connectivity index (χ0v) is 15.9. The number of aromatic nitrogens is 2. The Morgan fingerprint density at radius 1 is 1.23 bits per heavy atom. The topological polar surface area (TPSA) is 58.7 Å². The number of nitrogens with zero attached hydrogens (tertiary/aromatic N) is 3. The van der Waals surface area contributed by atoms with E-state index in [9.17, 15) is 10.1 Å². The molecular weight excluding hydrogens is 322 g/mol. The van der Waals surface area contributed by atoms with Gasteiger partial charge in [-0.05, 0) is 48.3 Å². The van der Waals surface area contributed by atoms with Gasteiger partial charge in [0, 0.05) is 5.92 Å². The van der Waals surface area contributed by atoms with E-state index in [2.05, 4.69) is 44.2 Å². The molecule has 134 valence electrons. The molecule has 0 saturated heterocycles. The Morgan fingerprint density at radius 2 is 1.88 bits per heavy atom. The van der Waals surface area contributed by atoms with Crippen molar-refractivity contribution in [2.24, 2.45) is 11.3 Å². The van der Waals surface area contributed by atoms with Crippen LogP contribution in [0.2, 0.25) is 0 Å². The molecule has 1 saturated carbocycles. The molecule has 0 aliphatic heterocycles. The number of carbonyl (C=O) groups is 1. The van der Waals surface area contributed by atoms with E-state index in [1.807, 2.05) is 18.5 Å². The van der Waals surface area contributed by atoms with E-state index in [1.54, 1.807) is 0 Å². The molecule has 0 spiro atoms. The van der Waals surface area contributed by atoms with Crippen LogP contribution >= 0.6 is 0 Å². The lowest BCUT2D eigenvalue weighted by molar-refractivity contribution is 0.0833. The summed E-state index contributed by atoms with van der Waals surface area (Å²) in [5.41, 5.74) is 4.52. The zero-order chi connectivity index (χ0) is 18.6. The van der Waals surface area contributed by atoms with Gasteiger partial charge in [-0.25, -0.2) is 4.68 Å². The number of benzene rings is 1. The third-order valence-electron chi connectivity index (χ3n) is 5.82. The highest BCUT2D eigenvalue weighted by Gasteiger charge is 2.47. The standard InChI is InChI=1S/C22H25N3O/c1-13(2)14-7-9-16(10-8-14)25-18-11-22(3,4)17(12-23)21(26)19(18)20(24-25)15-5-6-15/h7-10,13,15,17H,5-6,11H2,1-4H3. The summed E-state index contributed by atoms with van der Waals surface area (Å²) >= 11 is 0. The summed E-state index contributed by atoms with van der Waals surface area (Å²) < 4.78 is 1.96. The van der Waals surface area contributed by atoms with Crippen molar-refractivity contribution in [2.45, 2.75) is 58.8 Å². The Labute approximate surface area is 154 Å². The van der Waals surface area contributed by atoms with Gasteiger partial charge in [0.25, 0.3) is 0 Å². The minimum Gasteiger partial charge on any atom is -0.293 e. The molecule has 2 aromatic rings. The van der Waals surface area contributed by atoms with Crippen LogP contribution in [-0.4, -0.2) is 15.6 Å². The van der Waals surface area contributed by atoms with E-state index in [1.165, 1.54) is 5.56 Å². The highest BCUT2D eigenvalue weighted by molar-refractivity contribution is 6.03. The average molecular weight is 347 g/mol. The number of rotatable bonds is 3. The summed E-state index contributed by atoms with van der Waals surface area (Å²) in [6, 6.07) is 10.7. The fourth-order valence-electron chi connectivity index (χ4n) is 4.03. The quantitative estimate of drug-likeness (QED) is 0.803. The summed E-state index contributed by atoms with van der Waals surface area (Å²) in [7, 11) is 0. The number of carbonyl (C=O) groups excluding carboxylic acids is 1. The maximum Gasteiger partial charge on any atom is 0.184 e. The third kappa shape index (κ3) is 2.58. The van der Waals surface area contributed by atoms with Gasteiger partial charge >= 0.3 is 0 Å². The Morgan fingerprint density at radius 3 is 2.42 bits per heavy atom. The fraction of sp³-hybridized carbons (Fsp3) is 0.500. The average Bonchev–Trinajstić information content (AvgIpc) is 3.36. The van der Waals surface area contributed by atoms with Gasteiger partial charge in [-0.15, -0.1) is 0 Å². The maximum absolute atomic E-state index is 13.1. The molecule has 4 rings (SSSR count). The smallest absolute Gasteiger partial charge is 0.184 e. The van der Waals surface area contributed by atoms with Crippen molar-refractivity contribution in [1.82, 2.24) is 9.78 Å². The molecule has 1 aromatic carbocycles. The second-order valence-electron chi connectivity index (χ2n) is 8.73. The molecule has 4 heteroatoms. The Kier molecular flexibility index (Phi) is 3.80. The summed E-state index contributed by atoms with van der Waals surface area (Å²) in [5, 5.41) is 14.4. The molecule has 0 radical (unpaired) electrons. The van der Waals surface area contributed by atoms with Crippen molar-refractivity contribution >= 4 is 5.78 Å². The van der Waals surface area contributed by atoms with Gasteiger partial charge in [0.05, 0.1) is 28.7 Å². The van der Waals surface area contributed by atoms with Gasteiger partial charge in [0.15, 0.2) is 5.78 Å². The van der Waals surface area contributed by atoms with Gasteiger partial charge in [-0.2, -0.15) is 10.4 Å². The molecule has 1 heterocycles. The van der Waals surface area contributed by atoms with Crippen LogP contribution < -0.4 is 0 Å². The summed E-state index contributed by atoms with van der Waals surface area (Å²) in [5.74, 6) is 0.234. The van der Waals surface area contributed by atoms with E-state index in [4.69, 9.17) is 5.10 Å². The molecule has 2 aliphatic carbocycles. The Balaban J connectivity index is 1.87. The highest BCUT2D eigenvalue weighted by Crippen LogP contribution is 2.47. The van der Waals surface area contributed by atoms with Crippen molar-refractivity contribution in [2.75, 3.05) is 0 Å². The van der Waals surface area contributed by atoms with Gasteiger partial charge in [0.1, 0.15) is 5.92 Å². The van der Waals surface area contributed by atoms with Crippen LogP contribution in [0.25, 0.3) is 5.69 Å². The maximum atomic E-state index is 13.1. The second-order valence-corrected chi connectivity index (χ2v) is 8.73. The predicted molar refractivity (Wildman–Crippen MR) is 101 cm³/mol. The lowest BCUT2D eigenvalue weighted by Crippen LogP contribution is -2.38. The fourth-order valence-corrected chi connectivity index (χ4v) is 4.03. The van der Waals surface area contributed by atoms with Gasteiger partial charge in [-0.1, -0.05) is 39.8 Å². The predicted octanol–water partition coefficient (Wildman–Crippen LogP) is 4.78. The first-order valence-electron chi connectivity index (χ1n) is 9.49. The minimum absolute atomic E-state index is 0.0364. The molecule has 1 atom stereocenters. The molecular formula is C22H25N3O. The number of nitriles is 1. The van der Waals surface area contributed by atoms with Crippen molar-refractivity contribution < 1.29 is 4.79 Å². The van der Waals surface area contributed by atoms with Crippen LogP contribution in [0.4, 0.5) is 0 Å². The van der Waals surface area contributed by atoms with E-state index in [-0.39, 0.29) is 11.2 Å². The van der Waals surface area contributed by atoms with Gasteiger partial charge in [0.2, 0.25) is 0 Å². The molecule has 1 fully saturated rings. The minimum atomic E-state index is -0.589. The lowest BCUT2D eigenvalue weighted by atomic mass is 9.67. The van der Waals surface area contributed by atoms with Crippen molar-refractivity contribution in [3.8, 4) is 11.8 Å². The first kappa shape index (κ1) is 17.0. The van der Waals surface area contributed by atoms with E-state index < -0.39 is 5.92 Å². The van der Waals surface area contributed by atoms with Gasteiger partial charge in [-0.3, -0.25) is 4.79 Å². The molecule has 0 bridgehead atoms. The second kappa shape index (κ2) is 5.81. The van der Waals surface area contributed by atoms with Crippen LogP contribution in [0, 0.1) is 22.7 Å². The number of fused-ring (bicyclic) bond motifs is 1. The summed E-state index contributed by atoms with van der Waals surface area (Å²) in [6.07, 6.45) is 2.87. The highest BCUT2D eigenvalue weighted by atomic mass is 16.1. The van der Waals surface area contributed by atoms with Crippen LogP contribution in [0.15, 0.2) is 24.3 Å². The van der Waals surface area contributed by atoms with Crippen LogP contribution in [0.5, 0.6) is 0 Å². The van der Waals surface area contributed by atoms with Gasteiger partial charge < -0.3 is 0 Å². The molecule has 4 nitrogen and oxygen atoms in total. The SMILES string of the molecule is CC(C)c1ccc(-n2nc(C3CC3)c3c2CC(C)(C)C(C#N)C3=O)cc1. The normalized spacial score (nSPS) is 21.5. The lowest BCUT2D eigenvalue weighted by Gasteiger charge is -2.33. The Hall–Kier alpha value is -2.41. The Bertz CT molecular complexity index is 908. The zero-order valence-electron chi connectivity index (χ0n) is 15.9. The van der Waals surface area contributed by atoms with Crippen LogP contribution in [-0.2, 0) is 6.42 Å². The summed E-state index contributed by atoms with van der Waals surface area (Å²) in [6.45, 7) is 8.38. The first-order valence-corrected chi connectivity index (χ1v) is 9.49. The van der Waals surface area contributed by atoms with E-state index >= 15 is 0 Å². The third-order valence-corrected chi connectivity index (χ3v) is 5.82. The van der Waals surface area contributed by atoms with Crippen LogP contribution in [0.3, 0.4) is 0 Å². The molecule has 1 aromatic heterocycles. The largest absolute Gasteiger partial charge is 0.293 e. The number of hydrogen-bond acceptors (Lipinski definition) is 3. The van der Waals surface area contributed by atoms with Crippen LogP contribution in [0.1, 0.15) is 79.7 Å². The molecule has 2 aliphatic rings. The monoisotopic (exact) mass is 347 g/mol. The molecule has 0 amide bonds. The van der Waals surface area contributed by atoms with E-state index in [0.29, 0.717) is 18.3 Å². The number of Topliss-reactive ketones (excluding diaryl/α,β-unsaturated/α-hetero) is 1. The van der Waals surface area contributed by atoms with Crippen molar-refractivity contribution in [3.05, 3.63) is 46.8 Å². The molecule has 26 heavy (non-hydrogen) atoms. The number of hydrogen-bond donors (Lipinski definition) is 0. The van der Waals surface area contributed by atoms with Crippen molar-refractivity contribution in [1.29, 1.82) is 5.26 Å². The summed E-state index contributed by atoms with van der Waals surface area (Å²) in [4.78, 5) is 13.1. The van der Waals surface area contributed by atoms with E-state index in [0.717, 1.165) is 35.5 Å².